The lowest BCUT2D eigenvalue weighted by atomic mass is 9.79. The summed E-state index contributed by atoms with van der Waals surface area (Å²) in [6.07, 6.45) is 4.49. The third-order valence-electron chi connectivity index (χ3n) is 4.25. The molecule has 1 aliphatic rings. The van der Waals surface area contributed by atoms with Gasteiger partial charge in [0.15, 0.2) is 0 Å². The topological polar surface area (TPSA) is 64.3 Å². The minimum atomic E-state index is -0.282. The number of primary amides is 1. The van der Waals surface area contributed by atoms with Crippen molar-refractivity contribution in [1.82, 2.24) is 0 Å². The maximum Gasteiger partial charge on any atom is 0.240 e. The average molecular weight is 276 g/mol. The maximum absolute atomic E-state index is 11.7. The van der Waals surface area contributed by atoms with Crippen molar-refractivity contribution >= 4 is 11.6 Å². The molecule has 3 N–H and O–H groups in total. The zero-order valence-electron chi connectivity index (χ0n) is 12.3. The fraction of sp³-hybridized carbons (Fsp3) is 0.562. The summed E-state index contributed by atoms with van der Waals surface area (Å²) < 4.78 is 5.13. The van der Waals surface area contributed by atoms with Gasteiger partial charge in [-0.2, -0.15) is 0 Å². The monoisotopic (exact) mass is 276 g/mol. The largest absolute Gasteiger partial charge is 0.497 e. The van der Waals surface area contributed by atoms with E-state index in [9.17, 15) is 4.79 Å². The fourth-order valence-corrected chi connectivity index (χ4v) is 2.91. The second-order valence-corrected chi connectivity index (χ2v) is 5.77. The number of benzene rings is 1. The molecular formula is C16H24N2O2. The van der Waals surface area contributed by atoms with Gasteiger partial charge in [-0.05, 0) is 48.9 Å². The molecule has 1 aliphatic carbocycles. The molecule has 1 saturated carbocycles. The van der Waals surface area contributed by atoms with E-state index in [2.05, 4.69) is 12.2 Å². The molecule has 1 aromatic carbocycles. The van der Waals surface area contributed by atoms with Crippen LogP contribution in [0.25, 0.3) is 0 Å². The SMILES string of the molecule is COc1ccc(NC(C(N)=O)C2CCC(C)CC2)cc1. The van der Waals surface area contributed by atoms with Crippen molar-refractivity contribution < 1.29 is 9.53 Å². The highest BCUT2D eigenvalue weighted by molar-refractivity contribution is 5.83. The van der Waals surface area contributed by atoms with Gasteiger partial charge in [-0.15, -0.1) is 0 Å². The number of ether oxygens (including phenoxy) is 1. The van der Waals surface area contributed by atoms with Gasteiger partial charge in [0.2, 0.25) is 5.91 Å². The predicted octanol–water partition coefficient (Wildman–Crippen LogP) is 2.79. The summed E-state index contributed by atoms with van der Waals surface area (Å²) >= 11 is 0. The smallest absolute Gasteiger partial charge is 0.240 e. The average Bonchev–Trinajstić information content (AvgIpc) is 2.46. The van der Waals surface area contributed by atoms with E-state index in [4.69, 9.17) is 10.5 Å². The molecule has 0 aliphatic heterocycles. The second kappa shape index (κ2) is 6.64. The third kappa shape index (κ3) is 3.65. The lowest BCUT2D eigenvalue weighted by Gasteiger charge is -2.32. The maximum atomic E-state index is 11.7. The number of hydrogen-bond acceptors (Lipinski definition) is 3. The van der Waals surface area contributed by atoms with Crippen LogP contribution < -0.4 is 15.8 Å². The van der Waals surface area contributed by atoms with E-state index in [0.717, 1.165) is 30.2 Å². The van der Waals surface area contributed by atoms with E-state index in [-0.39, 0.29) is 11.9 Å². The van der Waals surface area contributed by atoms with E-state index in [1.807, 2.05) is 24.3 Å². The highest BCUT2D eigenvalue weighted by Crippen LogP contribution is 2.31. The van der Waals surface area contributed by atoms with Gasteiger partial charge in [0.1, 0.15) is 11.8 Å². The van der Waals surface area contributed by atoms with Gasteiger partial charge in [0, 0.05) is 5.69 Å². The molecule has 1 fully saturated rings. The fourth-order valence-electron chi connectivity index (χ4n) is 2.91. The summed E-state index contributed by atoms with van der Waals surface area (Å²) in [7, 11) is 1.64. The minimum Gasteiger partial charge on any atom is -0.497 e. The Bertz CT molecular complexity index is 436. The van der Waals surface area contributed by atoms with Crippen molar-refractivity contribution in [2.75, 3.05) is 12.4 Å². The molecule has 20 heavy (non-hydrogen) atoms. The molecule has 0 radical (unpaired) electrons. The van der Waals surface area contributed by atoms with E-state index in [1.54, 1.807) is 7.11 Å². The van der Waals surface area contributed by atoms with Crippen LogP contribution in [-0.2, 0) is 4.79 Å². The van der Waals surface area contributed by atoms with E-state index in [0.29, 0.717) is 5.92 Å². The second-order valence-electron chi connectivity index (χ2n) is 5.77. The van der Waals surface area contributed by atoms with Gasteiger partial charge in [-0.25, -0.2) is 0 Å². The summed E-state index contributed by atoms with van der Waals surface area (Å²) in [4.78, 5) is 11.7. The molecule has 1 unspecified atom stereocenters. The lowest BCUT2D eigenvalue weighted by molar-refractivity contribution is -0.120. The van der Waals surface area contributed by atoms with Crippen molar-refractivity contribution in [1.29, 1.82) is 0 Å². The summed E-state index contributed by atoms with van der Waals surface area (Å²) in [5.41, 5.74) is 6.49. The third-order valence-corrected chi connectivity index (χ3v) is 4.25. The Morgan fingerprint density at radius 3 is 2.35 bits per heavy atom. The molecule has 110 valence electrons. The van der Waals surface area contributed by atoms with Crippen molar-refractivity contribution in [2.45, 2.75) is 38.6 Å². The van der Waals surface area contributed by atoms with Gasteiger partial charge >= 0.3 is 0 Å². The number of nitrogens with one attached hydrogen (secondary N) is 1. The molecule has 0 bridgehead atoms. The van der Waals surface area contributed by atoms with Crippen molar-refractivity contribution in [3.8, 4) is 5.75 Å². The van der Waals surface area contributed by atoms with Gasteiger partial charge in [-0.1, -0.05) is 19.8 Å². The van der Waals surface area contributed by atoms with Crippen molar-refractivity contribution in [2.24, 2.45) is 17.6 Å². The Morgan fingerprint density at radius 1 is 1.25 bits per heavy atom. The molecule has 1 amide bonds. The Balaban J connectivity index is 2.03. The number of methoxy groups -OCH3 is 1. The first-order valence-electron chi connectivity index (χ1n) is 7.30. The lowest BCUT2D eigenvalue weighted by Crippen LogP contribution is -2.42. The molecular weight excluding hydrogens is 252 g/mol. The Hall–Kier alpha value is -1.71. The molecule has 4 heteroatoms. The first-order valence-corrected chi connectivity index (χ1v) is 7.30. The number of carbonyl (C=O) groups excluding carboxylic acids is 1. The first-order chi connectivity index (χ1) is 9.60. The number of anilines is 1. The summed E-state index contributed by atoms with van der Waals surface area (Å²) in [5.74, 6) is 1.64. The summed E-state index contributed by atoms with van der Waals surface area (Å²) in [5, 5.41) is 3.28. The highest BCUT2D eigenvalue weighted by Gasteiger charge is 2.29. The number of nitrogens with two attached hydrogens (primary N) is 1. The Morgan fingerprint density at radius 2 is 1.85 bits per heavy atom. The van der Waals surface area contributed by atoms with Crippen LogP contribution >= 0.6 is 0 Å². The van der Waals surface area contributed by atoms with E-state index < -0.39 is 0 Å². The number of carbonyl (C=O) groups is 1. The molecule has 0 aromatic heterocycles. The molecule has 0 heterocycles. The van der Waals surface area contributed by atoms with Crippen LogP contribution in [0.4, 0.5) is 5.69 Å². The molecule has 0 spiro atoms. The standard InChI is InChI=1S/C16H24N2O2/c1-11-3-5-12(6-4-11)15(16(17)19)18-13-7-9-14(20-2)10-8-13/h7-12,15,18H,3-6H2,1-2H3,(H2,17,19). The van der Waals surface area contributed by atoms with Crippen LogP contribution in [0.3, 0.4) is 0 Å². The van der Waals surface area contributed by atoms with Crippen LogP contribution in [0, 0.1) is 11.8 Å². The molecule has 1 aromatic rings. The summed E-state index contributed by atoms with van der Waals surface area (Å²) in [6.45, 7) is 2.27. The van der Waals surface area contributed by atoms with Crippen LogP contribution in [0.1, 0.15) is 32.6 Å². The molecule has 2 rings (SSSR count). The van der Waals surface area contributed by atoms with Crippen LogP contribution in [0.5, 0.6) is 5.75 Å². The van der Waals surface area contributed by atoms with Crippen LogP contribution in [-0.4, -0.2) is 19.1 Å². The van der Waals surface area contributed by atoms with Crippen molar-refractivity contribution in [3.63, 3.8) is 0 Å². The number of rotatable bonds is 5. The Labute approximate surface area is 120 Å². The molecule has 0 saturated heterocycles. The predicted molar refractivity (Wildman–Crippen MR) is 80.7 cm³/mol. The molecule has 4 nitrogen and oxygen atoms in total. The van der Waals surface area contributed by atoms with E-state index in [1.165, 1.54) is 12.8 Å². The van der Waals surface area contributed by atoms with Crippen LogP contribution in [0.15, 0.2) is 24.3 Å². The Kier molecular flexibility index (Phi) is 4.88. The van der Waals surface area contributed by atoms with Crippen molar-refractivity contribution in [3.05, 3.63) is 24.3 Å². The minimum absolute atomic E-state index is 0.264. The number of hydrogen-bond donors (Lipinski definition) is 2. The number of amides is 1. The van der Waals surface area contributed by atoms with Gasteiger partial charge in [-0.3, -0.25) is 4.79 Å². The van der Waals surface area contributed by atoms with Gasteiger partial charge in [0.25, 0.3) is 0 Å². The highest BCUT2D eigenvalue weighted by atomic mass is 16.5. The van der Waals surface area contributed by atoms with Gasteiger partial charge in [0.05, 0.1) is 7.11 Å². The molecule has 1 atom stereocenters. The normalized spacial score (nSPS) is 23.9. The van der Waals surface area contributed by atoms with Gasteiger partial charge < -0.3 is 15.8 Å². The van der Waals surface area contributed by atoms with Crippen LogP contribution in [0.2, 0.25) is 0 Å². The zero-order chi connectivity index (χ0) is 14.5. The zero-order valence-corrected chi connectivity index (χ0v) is 12.3. The van der Waals surface area contributed by atoms with E-state index >= 15 is 0 Å². The summed E-state index contributed by atoms with van der Waals surface area (Å²) in [6, 6.07) is 7.31. The quantitative estimate of drug-likeness (QED) is 0.869. The first kappa shape index (κ1) is 14.7.